The number of para-hydroxylation sites is 1. The Hall–Kier alpha value is -1.94. The third kappa shape index (κ3) is 4.79. The fourth-order valence-electron chi connectivity index (χ4n) is 3.39. The minimum atomic E-state index is -0.316. The Balaban J connectivity index is 1.56. The van der Waals surface area contributed by atoms with Crippen molar-refractivity contribution in [2.45, 2.75) is 40.2 Å². The standard InChI is InChI=1S/C21H29N3O/c1-21(2,3)20(25)22-13-16-7-6-12-24(14-16)15-18-11-10-17-8-4-5-9-19(17)23-18/h4-5,8-11,16H,6-7,12-15H2,1-3H3,(H,22,25)/t16-/m0/s1. The average Bonchev–Trinajstić information content (AvgIpc) is 2.59. The lowest BCUT2D eigenvalue weighted by atomic mass is 9.94. The van der Waals surface area contributed by atoms with E-state index in [4.69, 9.17) is 4.98 Å². The molecule has 0 unspecified atom stereocenters. The van der Waals surface area contributed by atoms with E-state index in [0.29, 0.717) is 5.92 Å². The zero-order valence-electron chi connectivity index (χ0n) is 15.6. The molecule has 2 aromatic rings. The molecule has 0 bridgehead atoms. The number of nitrogens with one attached hydrogen (secondary N) is 1. The van der Waals surface area contributed by atoms with E-state index < -0.39 is 0 Å². The molecule has 2 heterocycles. The molecule has 4 nitrogen and oxygen atoms in total. The van der Waals surface area contributed by atoms with Crippen molar-refractivity contribution < 1.29 is 4.79 Å². The van der Waals surface area contributed by atoms with Crippen molar-refractivity contribution in [2.75, 3.05) is 19.6 Å². The molecule has 1 fully saturated rings. The molecule has 0 aliphatic carbocycles. The molecule has 1 aliphatic heterocycles. The number of hydrogen-bond acceptors (Lipinski definition) is 3. The number of likely N-dealkylation sites (tertiary alicyclic amines) is 1. The van der Waals surface area contributed by atoms with Crippen molar-refractivity contribution in [2.24, 2.45) is 11.3 Å². The van der Waals surface area contributed by atoms with Crippen LogP contribution in [0.3, 0.4) is 0 Å². The molecule has 1 N–H and O–H groups in total. The molecular weight excluding hydrogens is 310 g/mol. The minimum absolute atomic E-state index is 0.140. The fourth-order valence-corrected chi connectivity index (χ4v) is 3.39. The summed E-state index contributed by atoms with van der Waals surface area (Å²) < 4.78 is 0. The smallest absolute Gasteiger partial charge is 0.225 e. The van der Waals surface area contributed by atoms with Gasteiger partial charge in [0.25, 0.3) is 0 Å². The first kappa shape index (κ1) is 17.9. The SMILES string of the molecule is CC(C)(C)C(=O)NC[C@@H]1CCCN(Cc2ccc3ccccc3n2)C1. The van der Waals surface area contributed by atoms with Crippen molar-refractivity contribution >= 4 is 16.8 Å². The Morgan fingerprint density at radius 3 is 2.84 bits per heavy atom. The monoisotopic (exact) mass is 339 g/mol. The van der Waals surface area contributed by atoms with Crippen molar-refractivity contribution in [3.8, 4) is 0 Å². The van der Waals surface area contributed by atoms with Crippen LogP contribution in [0, 0.1) is 11.3 Å². The predicted octanol–water partition coefficient (Wildman–Crippen LogP) is 3.61. The summed E-state index contributed by atoms with van der Waals surface area (Å²) in [4.78, 5) is 19.3. The topological polar surface area (TPSA) is 45.2 Å². The van der Waals surface area contributed by atoms with Crippen LogP contribution in [0.5, 0.6) is 0 Å². The van der Waals surface area contributed by atoms with Crippen LogP contribution in [-0.4, -0.2) is 35.4 Å². The normalized spacial score (nSPS) is 19.1. The van der Waals surface area contributed by atoms with Gasteiger partial charge in [-0.1, -0.05) is 45.0 Å². The van der Waals surface area contributed by atoms with Crippen LogP contribution in [-0.2, 0) is 11.3 Å². The summed E-state index contributed by atoms with van der Waals surface area (Å²) in [5.74, 6) is 0.668. The Labute approximate surface area is 150 Å². The zero-order chi connectivity index (χ0) is 17.9. The van der Waals surface area contributed by atoms with Crippen molar-refractivity contribution in [1.29, 1.82) is 0 Å². The highest BCUT2D eigenvalue weighted by Gasteiger charge is 2.24. The molecule has 4 heteroatoms. The number of benzene rings is 1. The fraction of sp³-hybridized carbons (Fsp3) is 0.524. The van der Waals surface area contributed by atoms with Gasteiger partial charge in [0.05, 0.1) is 11.2 Å². The van der Waals surface area contributed by atoms with Gasteiger partial charge in [0, 0.05) is 30.4 Å². The number of aromatic nitrogens is 1. The average molecular weight is 339 g/mol. The highest BCUT2D eigenvalue weighted by Crippen LogP contribution is 2.20. The maximum Gasteiger partial charge on any atom is 0.225 e. The van der Waals surface area contributed by atoms with Gasteiger partial charge in [-0.05, 0) is 37.4 Å². The van der Waals surface area contributed by atoms with E-state index in [1.54, 1.807) is 0 Å². The van der Waals surface area contributed by atoms with E-state index >= 15 is 0 Å². The van der Waals surface area contributed by atoms with Gasteiger partial charge in [-0.15, -0.1) is 0 Å². The minimum Gasteiger partial charge on any atom is -0.355 e. The third-order valence-electron chi connectivity index (χ3n) is 4.88. The largest absolute Gasteiger partial charge is 0.355 e. The molecule has 1 aromatic heterocycles. The number of nitrogens with zero attached hydrogens (tertiary/aromatic N) is 2. The summed E-state index contributed by atoms with van der Waals surface area (Å²) in [6.45, 7) is 9.67. The number of rotatable bonds is 4. The summed E-state index contributed by atoms with van der Waals surface area (Å²) in [6.07, 6.45) is 2.37. The second-order valence-corrected chi connectivity index (χ2v) is 8.20. The third-order valence-corrected chi connectivity index (χ3v) is 4.88. The molecular formula is C21H29N3O. The number of hydrogen-bond donors (Lipinski definition) is 1. The molecule has 1 saturated heterocycles. The first-order valence-corrected chi connectivity index (χ1v) is 9.27. The van der Waals surface area contributed by atoms with Gasteiger partial charge in [-0.3, -0.25) is 14.7 Å². The molecule has 0 spiro atoms. The van der Waals surface area contributed by atoms with E-state index in [1.807, 2.05) is 32.9 Å². The van der Waals surface area contributed by atoms with Gasteiger partial charge in [-0.25, -0.2) is 0 Å². The summed E-state index contributed by atoms with van der Waals surface area (Å²) in [5.41, 5.74) is 1.87. The Bertz CT molecular complexity index is 735. The molecule has 134 valence electrons. The summed E-state index contributed by atoms with van der Waals surface area (Å²) in [5, 5.41) is 4.31. The molecule has 3 rings (SSSR count). The second kappa shape index (κ2) is 7.52. The first-order valence-electron chi connectivity index (χ1n) is 9.27. The highest BCUT2D eigenvalue weighted by molar-refractivity contribution is 5.81. The maximum atomic E-state index is 12.1. The van der Waals surface area contributed by atoms with E-state index in [1.165, 1.54) is 18.2 Å². The van der Waals surface area contributed by atoms with Gasteiger partial charge in [0.15, 0.2) is 0 Å². The quantitative estimate of drug-likeness (QED) is 0.925. The summed E-state index contributed by atoms with van der Waals surface area (Å²) >= 11 is 0. The molecule has 25 heavy (non-hydrogen) atoms. The van der Waals surface area contributed by atoms with Crippen LogP contribution in [0.2, 0.25) is 0 Å². The summed E-state index contributed by atoms with van der Waals surface area (Å²) in [6, 6.07) is 12.5. The van der Waals surface area contributed by atoms with Crippen LogP contribution < -0.4 is 5.32 Å². The number of amides is 1. The van der Waals surface area contributed by atoms with Crippen LogP contribution >= 0.6 is 0 Å². The van der Waals surface area contributed by atoms with Gasteiger partial charge >= 0.3 is 0 Å². The van der Waals surface area contributed by atoms with Gasteiger partial charge in [0.2, 0.25) is 5.91 Å². The lowest BCUT2D eigenvalue weighted by Crippen LogP contribution is -2.43. The Morgan fingerprint density at radius 2 is 2.04 bits per heavy atom. The highest BCUT2D eigenvalue weighted by atomic mass is 16.2. The number of carbonyl (C=O) groups excluding carboxylic acids is 1. The van der Waals surface area contributed by atoms with Crippen molar-refractivity contribution in [3.63, 3.8) is 0 Å². The summed E-state index contributed by atoms with van der Waals surface area (Å²) in [7, 11) is 0. The molecule has 1 amide bonds. The number of carbonyl (C=O) groups is 1. The lowest BCUT2D eigenvalue weighted by Gasteiger charge is -2.33. The van der Waals surface area contributed by atoms with Crippen LogP contribution in [0.25, 0.3) is 10.9 Å². The first-order chi connectivity index (χ1) is 11.9. The van der Waals surface area contributed by atoms with Crippen LogP contribution in [0.15, 0.2) is 36.4 Å². The lowest BCUT2D eigenvalue weighted by molar-refractivity contribution is -0.128. The number of fused-ring (bicyclic) bond motifs is 1. The molecule has 0 radical (unpaired) electrons. The van der Waals surface area contributed by atoms with E-state index in [2.05, 4.69) is 34.5 Å². The number of piperidine rings is 1. The second-order valence-electron chi connectivity index (χ2n) is 8.20. The van der Waals surface area contributed by atoms with Crippen LogP contribution in [0.4, 0.5) is 0 Å². The molecule has 1 aromatic carbocycles. The number of pyridine rings is 1. The van der Waals surface area contributed by atoms with Gasteiger partial charge in [-0.2, -0.15) is 0 Å². The Morgan fingerprint density at radius 1 is 1.24 bits per heavy atom. The molecule has 1 atom stereocenters. The predicted molar refractivity (Wildman–Crippen MR) is 102 cm³/mol. The Kier molecular flexibility index (Phi) is 5.38. The van der Waals surface area contributed by atoms with E-state index in [9.17, 15) is 4.79 Å². The van der Waals surface area contributed by atoms with Crippen molar-refractivity contribution in [1.82, 2.24) is 15.2 Å². The van der Waals surface area contributed by atoms with Crippen LogP contribution in [0.1, 0.15) is 39.3 Å². The zero-order valence-corrected chi connectivity index (χ0v) is 15.6. The molecule has 1 aliphatic rings. The van der Waals surface area contributed by atoms with Gasteiger partial charge < -0.3 is 5.32 Å². The van der Waals surface area contributed by atoms with E-state index in [0.717, 1.165) is 37.4 Å². The van der Waals surface area contributed by atoms with Crippen molar-refractivity contribution in [3.05, 3.63) is 42.1 Å². The van der Waals surface area contributed by atoms with Gasteiger partial charge in [0.1, 0.15) is 0 Å². The maximum absolute atomic E-state index is 12.1. The molecule has 0 saturated carbocycles. The van der Waals surface area contributed by atoms with E-state index in [-0.39, 0.29) is 11.3 Å².